The van der Waals surface area contributed by atoms with Crippen LogP contribution < -0.4 is 5.32 Å². The zero-order valence-electron chi connectivity index (χ0n) is 11.0. The van der Waals surface area contributed by atoms with Crippen molar-refractivity contribution in [1.29, 1.82) is 0 Å². The highest BCUT2D eigenvalue weighted by Gasteiger charge is 2.21. The molecule has 2 atom stereocenters. The topological polar surface area (TPSA) is 52.5 Å². The predicted octanol–water partition coefficient (Wildman–Crippen LogP) is 2.74. The maximum Gasteiger partial charge on any atom is 0.115 e. The number of aromatic hydroxyl groups is 1. The van der Waals surface area contributed by atoms with Gasteiger partial charge in [-0.2, -0.15) is 0 Å². The molecule has 0 aliphatic heterocycles. The highest BCUT2D eigenvalue weighted by Crippen LogP contribution is 2.22. The Hall–Kier alpha value is -1.06. The molecule has 0 amide bonds. The maximum atomic E-state index is 10.3. The molecule has 0 unspecified atom stereocenters. The lowest BCUT2D eigenvalue weighted by Gasteiger charge is -2.29. The van der Waals surface area contributed by atoms with Crippen LogP contribution in [0.2, 0.25) is 0 Å². The fourth-order valence-electron chi connectivity index (χ4n) is 2.69. The van der Waals surface area contributed by atoms with Crippen LogP contribution in [0.1, 0.15) is 50.7 Å². The summed E-state index contributed by atoms with van der Waals surface area (Å²) in [6.07, 6.45) is 5.83. The fraction of sp³-hybridized carbons (Fsp3) is 0.600. The van der Waals surface area contributed by atoms with E-state index >= 15 is 0 Å². The van der Waals surface area contributed by atoms with Gasteiger partial charge in [0.15, 0.2) is 0 Å². The van der Waals surface area contributed by atoms with Gasteiger partial charge in [-0.15, -0.1) is 0 Å². The summed E-state index contributed by atoms with van der Waals surface area (Å²) in [5.74, 6) is 0.235. The molecule has 0 saturated heterocycles. The molecule has 3 N–H and O–H groups in total. The Balaban J connectivity index is 1.91. The van der Waals surface area contributed by atoms with Crippen molar-refractivity contribution in [2.24, 2.45) is 0 Å². The zero-order chi connectivity index (χ0) is 13.0. The van der Waals surface area contributed by atoms with Crippen LogP contribution in [0, 0.1) is 0 Å². The number of aliphatic hydroxyl groups excluding tert-OH is 1. The van der Waals surface area contributed by atoms with Crippen LogP contribution >= 0.6 is 0 Å². The van der Waals surface area contributed by atoms with E-state index in [0.717, 1.165) is 5.56 Å². The van der Waals surface area contributed by atoms with Crippen LogP contribution in [0.15, 0.2) is 24.3 Å². The first kappa shape index (κ1) is 13.4. The summed E-state index contributed by atoms with van der Waals surface area (Å²) in [6, 6.07) is 7.37. The predicted molar refractivity (Wildman–Crippen MR) is 72.5 cm³/mol. The second-order valence-electron chi connectivity index (χ2n) is 5.33. The number of nitrogens with one attached hydrogen (secondary N) is 1. The summed E-state index contributed by atoms with van der Waals surface area (Å²) in [6.45, 7) is 2.02. The van der Waals surface area contributed by atoms with Gasteiger partial charge in [-0.05, 0) is 37.5 Å². The van der Waals surface area contributed by atoms with Crippen LogP contribution in [0.3, 0.4) is 0 Å². The third-order valence-corrected chi connectivity index (χ3v) is 3.81. The third kappa shape index (κ3) is 3.47. The first-order valence-electron chi connectivity index (χ1n) is 6.90. The van der Waals surface area contributed by atoms with E-state index in [-0.39, 0.29) is 11.8 Å². The first-order chi connectivity index (χ1) is 8.66. The fourth-order valence-corrected chi connectivity index (χ4v) is 2.69. The monoisotopic (exact) mass is 249 g/mol. The number of phenolic OH excluding ortho intramolecular Hbond substituents is 1. The Labute approximate surface area is 109 Å². The van der Waals surface area contributed by atoms with Crippen molar-refractivity contribution < 1.29 is 10.2 Å². The molecule has 2 rings (SSSR count). The van der Waals surface area contributed by atoms with E-state index in [4.69, 9.17) is 0 Å². The molecule has 1 saturated carbocycles. The normalized spacial score (nSPS) is 20.6. The summed E-state index contributed by atoms with van der Waals surface area (Å²) in [7, 11) is 0. The van der Waals surface area contributed by atoms with Crippen molar-refractivity contribution in [3.63, 3.8) is 0 Å². The van der Waals surface area contributed by atoms with Gasteiger partial charge in [0.05, 0.1) is 6.10 Å². The van der Waals surface area contributed by atoms with E-state index in [1.54, 1.807) is 24.3 Å². The summed E-state index contributed by atoms with van der Waals surface area (Å²) in [5.41, 5.74) is 0.851. The van der Waals surface area contributed by atoms with Gasteiger partial charge in [0.25, 0.3) is 0 Å². The molecule has 1 fully saturated rings. The number of hydrogen-bond donors (Lipinski definition) is 3. The van der Waals surface area contributed by atoms with E-state index in [1.807, 2.05) is 6.92 Å². The summed E-state index contributed by atoms with van der Waals surface area (Å²) < 4.78 is 0. The van der Waals surface area contributed by atoms with Crippen molar-refractivity contribution in [3.8, 4) is 5.75 Å². The minimum Gasteiger partial charge on any atom is -0.508 e. The minimum atomic E-state index is -0.521. The number of hydrogen-bond acceptors (Lipinski definition) is 3. The zero-order valence-corrected chi connectivity index (χ0v) is 11.0. The minimum absolute atomic E-state index is 0.0395. The standard InChI is InChI=1S/C15H23NO2/c1-11(16-13-5-3-2-4-6-13)15(18)12-7-9-14(17)10-8-12/h7-11,13,15-18H,2-6H2,1H3/t11-,15+/m0/s1. The van der Waals surface area contributed by atoms with Crippen LogP contribution in [0.4, 0.5) is 0 Å². The van der Waals surface area contributed by atoms with Gasteiger partial charge in [-0.1, -0.05) is 31.4 Å². The molecule has 0 aromatic heterocycles. The van der Waals surface area contributed by atoms with Gasteiger partial charge in [-0.3, -0.25) is 0 Å². The number of aliphatic hydroxyl groups is 1. The molecule has 18 heavy (non-hydrogen) atoms. The molecule has 0 bridgehead atoms. The van der Waals surface area contributed by atoms with Gasteiger partial charge in [0.1, 0.15) is 5.75 Å². The first-order valence-corrected chi connectivity index (χ1v) is 6.90. The molecule has 1 aliphatic carbocycles. The summed E-state index contributed by atoms with van der Waals surface area (Å²) in [4.78, 5) is 0. The highest BCUT2D eigenvalue weighted by atomic mass is 16.3. The molecule has 3 heteroatoms. The Kier molecular flexibility index (Phi) is 4.61. The Morgan fingerprint density at radius 2 is 1.72 bits per heavy atom. The lowest BCUT2D eigenvalue weighted by Crippen LogP contribution is -2.41. The molecule has 0 spiro atoms. The molecular formula is C15H23NO2. The SMILES string of the molecule is C[C@H](NC1CCCCC1)[C@@H](O)c1ccc(O)cc1. The van der Waals surface area contributed by atoms with Crippen molar-refractivity contribution in [2.45, 2.75) is 57.2 Å². The number of benzene rings is 1. The van der Waals surface area contributed by atoms with Crippen LogP contribution in [-0.2, 0) is 0 Å². The lowest BCUT2D eigenvalue weighted by atomic mass is 9.94. The molecule has 1 aromatic carbocycles. The van der Waals surface area contributed by atoms with Crippen LogP contribution in [0.25, 0.3) is 0 Å². The molecule has 100 valence electrons. The van der Waals surface area contributed by atoms with E-state index in [1.165, 1.54) is 32.1 Å². The number of phenols is 1. The Morgan fingerprint density at radius 3 is 2.33 bits per heavy atom. The van der Waals surface area contributed by atoms with Gasteiger partial charge in [-0.25, -0.2) is 0 Å². The quantitative estimate of drug-likeness (QED) is 0.769. The molecular weight excluding hydrogens is 226 g/mol. The molecule has 0 heterocycles. The second-order valence-corrected chi connectivity index (χ2v) is 5.33. The van der Waals surface area contributed by atoms with Gasteiger partial charge in [0.2, 0.25) is 0 Å². The van der Waals surface area contributed by atoms with E-state index < -0.39 is 6.10 Å². The second kappa shape index (κ2) is 6.21. The van der Waals surface area contributed by atoms with Crippen LogP contribution in [-0.4, -0.2) is 22.3 Å². The maximum absolute atomic E-state index is 10.3. The average Bonchev–Trinajstić information content (AvgIpc) is 2.40. The van der Waals surface area contributed by atoms with E-state index in [9.17, 15) is 10.2 Å². The Bertz CT molecular complexity index is 357. The molecule has 3 nitrogen and oxygen atoms in total. The number of rotatable bonds is 4. The molecule has 0 radical (unpaired) electrons. The van der Waals surface area contributed by atoms with E-state index in [2.05, 4.69) is 5.32 Å². The van der Waals surface area contributed by atoms with E-state index in [0.29, 0.717) is 6.04 Å². The van der Waals surface area contributed by atoms with Gasteiger partial charge >= 0.3 is 0 Å². The van der Waals surface area contributed by atoms with Crippen molar-refractivity contribution >= 4 is 0 Å². The lowest BCUT2D eigenvalue weighted by molar-refractivity contribution is 0.125. The molecule has 1 aromatic rings. The van der Waals surface area contributed by atoms with Crippen molar-refractivity contribution in [1.82, 2.24) is 5.32 Å². The van der Waals surface area contributed by atoms with Crippen LogP contribution in [0.5, 0.6) is 5.75 Å². The van der Waals surface area contributed by atoms with Gasteiger partial charge < -0.3 is 15.5 Å². The largest absolute Gasteiger partial charge is 0.508 e. The van der Waals surface area contributed by atoms with Crippen molar-refractivity contribution in [2.75, 3.05) is 0 Å². The summed E-state index contributed by atoms with van der Waals surface area (Å²) in [5, 5.41) is 23.0. The third-order valence-electron chi connectivity index (χ3n) is 3.81. The highest BCUT2D eigenvalue weighted by molar-refractivity contribution is 5.27. The van der Waals surface area contributed by atoms with Gasteiger partial charge in [0, 0.05) is 12.1 Å². The smallest absolute Gasteiger partial charge is 0.115 e. The Morgan fingerprint density at radius 1 is 1.11 bits per heavy atom. The molecule has 1 aliphatic rings. The summed E-state index contributed by atoms with van der Waals surface area (Å²) >= 11 is 0. The van der Waals surface area contributed by atoms with Crippen molar-refractivity contribution in [3.05, 3.63) is 29.8 Å². The average molecular weight is 249 g/mol.